The molecule has 2 N–H and O–H groups in total. The summed E-state index contributed by atoms with van der Waals surface area (Å²) in [5, 5.41) is 7.49. The number of anilines is 1. The molecule has 0 amide bonds. The first-order valence-electron chi connectivity index (χ1n) is 8.53. The lowest BCUT2D eigenvalue weighted by molar-refractivity contribution is 0.401. The molecule has 0 bridgehead atoms. The minimum absolute atomic E-state index is 0.108. The van der Waals surface area contributed by atoms with Crippen LogP contribution in [0.3, 0.4) is 0 Å². The van der Waals surface area contributed by atoms with Gasteiger partial charge in [0.1, 0.15) is 11.5 Å². The highest BCUT2D eigenvalue weighted by Gasteiger charge is 2.36. The van der Waals surface area contributed by atoms with Gasteiger partial charge >= 0.3 is 0 Å². The van der Waals surface area contributed by atoms with Crippen LogP contribution in [0.1, 0.15) is 31.2 Å². The van der Waals surface area contributed by atoms with E-state index in [2.05, 4.69) is 22.8 Å². The Labute approximate surface area is 154 Å². The van der Waals surface area contributed by atoms with Crippen LogP contribution in [0.2, 0.25) is 0 Å². The number of rotatable bonds is 5. The van der Waals surface area contributed by atoms with E-state index >= 15 is 0 Å². The van der Waals surface area contributed by atoms with Gasteiger partial charge in [-0.05, 0) is 67.0 Å². The highest BCUT2D eigenvalue weighted by molar-refractivity contribution is 7.80. The predicted molar refractivity (Wildman–Crippen MR) is 105 cm³/mol. The number of thiocarbonyl (C=S) groups is 1. The van der Waals surface area contributed by atoms with Crippen molar-refractivity contribution in [3.8, 4) is 11.5 Å². The Kier molecular flexibility index (Phi) is 5.43. The summed E-state index contributed by atoms with van der Waals surface area (Å²) in [6.45, 7) is 0. The van der Waals surface area contributed by atoms with Crippen molar-refractivity contribution in [3.63, 3.8) is 0 Å². The first-order valence-corrected chi connectivity index (χ1v) is 8.94. The molecular weight excluding hydrogens is 332 g/mol. The van der Waals surface area contributed by atoms with E-state index in [4.69, 9.17) is 21.7 Å². The first kappa shape index (κ1) is 17.5. The fourth-order valence-corrected chi connectivity index (χ4v) is 3.74. The van der Waals surface area contributed by atoms with Crippen molar-refractivity contribution in [3.05, 3.63) is 54.1 Å². The molecule has 4 nitrogen and oxygen atoms in total. The maximum absolute atomic E-state index is 5.58. The molecule has 0 spiro atoms. The monoisotopic (exact) mass is 356 g/mol. The van der Waals surface area contributed by atoms with Crippen LogP contribution < -0.4 is 20.1 Å². The molecule has 5 heteroatoms. The molecule has 1 aliphatic carbocycles. The van der Waals surface area contributed by atoms with E-state index in [1.54, 1.807) is 14.2 Å². The van der Waals surface area contributed by atoms with E-state index in [1.165, 1.54) is 18.4 Å². The van der Waals surface area contributed by atoms with Crippen LogP contribution in [0.25, 0.3) is 0 Å². The first-order chi connectivity index (χ1) is 12.1. The van der Waals surface area contributed by atoms with E-state index < -0.39 is 0 Å². The Morgan fingerprint density at radius 1 is 0.880 bits per heavy atom. The summed E-state index contributed by atoms with van der Waals surface area (Å²) in [5.74, 6) is 1.70. The summed E-state index contributed by atoms with van der Waals surface area (Å²) in [6.07, 6.45) is 4.54. The van der Waals surface area contributed by atoms with Gasteiger partial charge in [-0.15, -0.1) is 0 Å². The summed E-state index contributed by atoms with van der Waals surface area (Å²) in [7, 11) is 3.35. The molecule has 0 radical (unpaired) electrons. The highest BCUT2D eigenvalue weighted by Crippen LogP contribution is 2.39. The van der Waals surface area contributed by atoms with Crippen LogP contribution in [-0.2, 0) is 5.54 Å². The molecule has 25 heavy (non-hydrogen) atoms. The fraction of sp³-hybridized carbons (Fsp3) is 0.350. The van der Waals surface area contributed by atoms with Gasteiger partial charge in [0, 0.05) is 5.69 Å². The largest absolute Gasteiger partial charge is 0.497 e. The maximum atomic E-state index is 5.58. The lowest BCUT2D eigenvalue weighted by atomic mass is 9.88. The summed E-state index contributed by atoms with van der Waals surface area (Å²) in [5.41, 5.74) is 2.09. The quantitative estimate of drug-likeness (QED) is 0.774. The van der Waals surface area contributed by atoms with Gasteiger partial charge in [-0.1, -0.05) is 25.0 Å². The van der Waals surface area contributed by atoms with Crippen molar-refractivity contribution >= 4 is 23.0 Å². The molecule has 0 aliphatic heterocycles. The van der Waals surface area contributed by atoms with Gasteiger partial charge in [-0.25, -0.2) is 0 Å². The smallest absolute Gasteiger partial charge is 0.171 e. The average molecular weight is 356 g/mol. The normalized spacial score (nSPS) is 15.4. The molecule has 3 rings (SSSR count). The average Bonchev–Trinajstić information content (AvgIpc) is 3.12. The van der Waals surface area contributed by atoms with E-state index in [-0.39, 0.29) is 5.54 Å². The Morgan fingerprint density at radius 3 is 1.92 bits per heavy atom. The third-order valence-corrected chi connectivity index (χ3v) is 5.00. The molecule has 1 saturated carbocycles. The lowest BCUT2D eigenvalue weighted by Crippen LogP contribution is -2.45. The SMILES string of the molecule is COc1ccc(NC(=S)NC2(c3ccc(OC)cc3)CCCC2)cc1. The highest BCUT2D eigenvalue weighted by atomic mass is 32.1. The van der Waals surface area contributed by atoms with Gasteiger partial charge in [0.05, 0.1) is 19.8 Å². The molecule has 2 aromatic carbocycles. The van der Waals surface area contributed by atoms with Crippen LogP contribution >= 0.6 is 12.2 Å². The zero-order chi connectivity index (χ0) is 17.7. The zero-order valence-corrected chi connectivity index (χ0v) is 15.5. The number of nitrogens with one attached hydrogen (secondary N) is 2. The Hall–Kier alpha value is -2.27. The number of hydrogen-bond donors (Lipinski definition) is 2. The Morgan fingerprint density at radius 2 is 1.40 bits per heavy atom. The zero-order valence-electron chi connectivity index (χ0n) is 14.7. The molecule has 0 saturated heterocycles. The number of benzene rings is 2. The minimum atomic E-state index is -0.108. The predicted octanol–water partition coefficient (Wildman–Crippen LogP) is 4.46. The van der Waals surface area contributed by atoms with Crippen molar-refractivity contribution in [2.75, 3.05) is 19.5 Å². The molecule has 2 aromatic rings. The Balaban J connectivity index is 1.72. The second-order valence-corrected chi connectivity index (χ2v) is 6.73. The van der Waals surface area contributed by atoms with Crippen molar-refractivity contribution in [1.82, 2.24) is 5.32 Å². The Bertz CT molecular complexity index is 707. The minimum Gasteiger partial charge on any atom is -0.497 e. The van der Waals surface area contributed by atoms with Gasteiger partial charge < -0.3 is 20.1 Å². The number of ether oxygens (including phenoxy) is 2. The molecule has 132 valence electrons. The van der Waals surface area contributed by atoms with E-state index in [0.717, 1.165) is 30.0 Å². The third kappa shape index (κ3) is 4.04. The van der Waals surface area contributed by atoms with Gasteiger partial charge in [-0.2, -0.15) is 0 Å². The molecule has 1 aliphatic rings. The van der Waals surface area contributed by atoms with Crippen molar-refractivity contribution in [2.45, 2.75) is 31.2 Å². The maximum Gasteiger partial charge on any atom is 0.171 e. The van der Waals surface area contributed by atoms with Crippen molar-refractivity contribution < 1.29 is 9.47 Å². The van der Waals surface area contributed by atoms with Crippen molar-refractivity contribution in [2.24, 2.45) is 0 Å². The summed E-state index contributed by atoms with van der Waals surface area (Å²) >= 11 is 5.58. The summed E-state index contributed by atoms with van der Waals surface area (Å²) < 4.78 is 10.5. The van der Waals surface area contributed by atoms with Crippen molar-refractivity contribution in [1.29, 1.82) is 0 Å². The molecule has 0 unspecified atom stereocenters. The molecule has 0 heterocycles. The molecular formula is C20H24N2O2S. The standard InChI is InChI=1S/C20H24N2O2S/c1-23-17-9-5-15(6-10-17)20(13-3-4-14-20)22-19(25)21-16-7-11-18(24-2)12-8-16/h5-12H,3-4,13-14H2,1-2H3,(H2,21,22,25). The number of hydrogen-bond acceptors (Lipinski definition) is 3. The lowest BCUT2D eigenvalue weighted by Gasteiger charge is -2.32. The third-order valence-electron chi connectivity index (χ3n) is 4.80. The topological polar surface area (TPSA) is 42.5 Å². The van der Waals surface area contributed by atoms with Crippen LogP contribution in [-0.4, -0.2) is 19.3 Å². The fourth-order valence-electron chi connectivity index (χ4n) is 3.43. The number of methoxy groups -OCH3 is 2. The van der Waals surface area contributed by atoms with Crippen LogP contribution in [0, 0.1) is 0 Å². The van der Waals surface area contributed by atoms with Gasteiger partial charge in [0.25, 0.3) is 0 Å². The second kappa shape index (κ2) is 7.74. The summed E-state index contributed by atoms with van der Waals surface area (Å²) in [6, 6.07) is 16.0. The summed E-state index contributed by atoms with van der Waals surface area (Å²) in [4.78, 5) is 0. The molecule has 0 aromatic heterocycles. The van der Waals surface area contributed by atoms with Crippen LogP contribution in [0.15, 0.2) is 48.5 Å². The van der Waals surface area contributed by atoms with Gasteiger partial charge in [-0.3, -0.25) is 0 Å². The van der Waals surface area contributed by atoms with Gasteiger partial charge in [0.15, 0.2) is 5.11 Å². The van der Waals surface area contributed by atoms with E-state index in [1.807, 2.05) is 36.4 Å². The van der Waals surface area contributed by atoms with E-state index in [0.29, 0.717) is 5.11 Å². The second-order valence-electron chi connectivity index (χ2n) is 6.33. The van der Waals surface area contributed by atoms with Gasteiger partial charge in [0.2, 0.25) is 0 Å². The molecule has 0 atom stereocenters. The molecule has 1 fully saturated rings. The van der Waals surface area contributed by atoms with Crippen LogP contribution in [0.4, 0.5) is 5.69 Å². The van der Waals surface area contributed by atoms with Crippen LogP contribution in [0.5, 0.6) is 11.5 Å². The van der Waals surface area contributed by atoms with E-state index in [9.17, 15) is 0 Å².